The van der Waals surface area contributed by atoms with Crippen LogP contribution in [0.2, 0.25) is 5.02 Å². The molecule has 0 aliphatic heterocycles. The zero-order chi connectivity index (χ0) is 17.3. The Bertz CT molecular complexity index is 886. The van der Waals surface area contributed by atoms with Crippen LogP contribution in [0.3, 0.4) is 0 Å². The minimum atomic E-state index is -0.363. The molecule has 2 aromatic carbocycles. The number of amides is 1. The molecule has 1 heterocycles. The van der Waals surface area contributed by atoms with Crippen molar-refractivity contribution in [1.82, 2.24) is 14.9 Å². The zero-order valence-corrected chi connectivity index (χ0v) is 14.1. The fourth-order valence-corrected chi connectivity index (χ4v) is 3.02. The number of hydrogen-bond acceptors (Lipinski definition) is 2. The summed E-state index contributed by atoms with van der Waals surface area (Å²) in [5.74, 6) is 0.147. The first-order valence-electron chi connectivity index (χ1n) is 7.62. The lowest BCUT2D eigenvalue weighted by atomic mass is 10.2. The van der Waals surface area contributed by atoms with Crippen LogP contribution in [-0.2, 0) is 11.3 Å². The molecule has 4 nitrogen and oxygen atoms in total. The Kier molecular flexibility index (Phi) is 4.53. The van der Waals surface area contributed by atoms with Gasteiger partial charge in [0.1, 0.15) is 11.6 Å². The zero-order valence-electron chi connectivity index (χ0n) is 13.4. The maximum Gasteiger partial charge on any atom is 0.217 e. The number of para-hydroxylation sites is 2. The molecule has 3 aromatic rings. The third-order valence-corrected chi connectivity index (χ3v) is 4.22. The number of rotatable bonds is 4. The van der Waals surface area contributed by atoms with Crippen molar-refractivity contribution in [2.45, 2.75) is 26.4 Å². The van der Waals surface area contributed by atoms with Gasteiger partial charge in [0, 0.05) is 17.5 Å². The van der Waals surface area contributed by atoms with Crippen LogP contribution >= 0.6 is 11.6 Å². The second kappa shape index (κ2) is 6.61. The molecule has 0 aliphatic rings. The van der Waals surface area contributed by atoms with Gasteiger partial charge in [-0.1, -0.05) is 29.8 Å². The molecular formula is C18H17ClFN3O. The van der Waals surface area contributed by atoms with Crippen LogP contribution in [0.5, 0.6) is 0 Å². The van der Waals surface area contributed by atoms with Crippen molar-refractivity contribution in [3.05, 3.63) is 64.7 Å². The highest BCUT2D eigenvalue weighted by atomic mass is 35.5. The molecule has 0 saturated heterocycles. The van der Waals surface area contributed by atoms with Gasteiger partial charge in [0.2, 0.25) is 5.91 Å². The average Bonchev–Trinajstić information content (AvgIpc) is 2.89. The van der Waals surface area contributed by atoms with E-state index in [0.29, 0.717) is 16.4 Å². The van der Waals surface area contributed by atoms with Crippen molar-refractivity contribution >= 4 is 28.5 Å². The second-order valence-electron chi connectivity index (χ2n) is 5.67. The standard InChI is InChI=1S/C18H17ClFN3O/c1-11(21-12(2)24)18-22-16-8-3-4-9-17(16)23(18)10-13-14(19)6-5-7-15(13)20/h3-9,11H,10H2,1-2H3,(H,21,24)/t11-/m1/s1. The third kappa shape index (κ3) is 3.12. The summed E-state index contributed by atoms with van der Waals surface area (Å²) >= 11 is 6.17. The smallest absolute Gasteiger partial charge is 0.217 e. The molecule has 0 aliphatic carbocycles. The molecule has 3 rings (SSSR count). The van der Waals surface area contributed by atoms with Crippen LogP contribution in [0, 0.1) is 5.82 Å². The fourth-order valence-electron chi connectivity index (χ4n) is 2.80. The summed E-state index contributed by atoms with van der Waals surface area (Å²) in [5.41, 5.74) is 2.06. The molecule has 124 valence electrons. The molecule has 0 saturated carbocycles. The Balaban J connectivity index is 2.12. The second-order valence-corrected chi connectivity index (χ2v) is 6.07. The van der Waals surface area contributed by atoms with E-state index in [1.165, 1.54) is 13.0 Å². The number of benzene rings is 2. The number of nitrogens with one attached hydrogen (secondary N) is 1. The molecule has 1 aromatic heterocycles. The Labute approximate surface area is 144 Å². The average molecular weight is 346 g/mol. The molecule has 0 fully saturated rings. The first kappa shape index (κ1) is 16.5. The first-order chi connectivity index (χ1) is 11.5. The monoisotopic (exact) mass is 345 g/mol. The SMILES string of the molecule is CC(=O)N[C@H](C)c1nc2ccccc2n1Cc1c(F)cccc1Cl. The van der Waals surface area contributed by atoms with Gasteiger partial charge in [0.25, 0.3) is 0 Å². The highest BCUT2D eigenvalue weighted by Crippen LogP contribution is 2.26. The summed E-state index contributed by atoms with van der Waals surface area (Å²) in [7, 11) is 0. The number of halogens is 2. The highest BCUT2D eigenvalue weighted by molar-refractivity contribution is 6.31. The van der Waals surface area contributed by atoms with E-state index in [1.807, 2.05) is 35.8 Å². The Hall–Kier alpha value is -2.40. The maximum absolute atomic E-state index is 14.2. The van der Waals surface area contributed by atoms with E-state index in [4.69, 9.17) is 11.6 Å². The van der Waals surface area contributed by atoms with Gasteiger partial charge >= 0.3 is 0 Å². The number of carbonyl (C=O) groups is 1. The molecule has 0 bridgehead atoms. The van der Waals surface area contributed by atoms with Crippen molar-refractivity contribution in [3.63, 3.8) is 0 Å². The number of carbonyl (C=O) groups excluding carboxylic acids is 1. The van der Waals surface area contributed by atoms with Crippen LogP contribution in [-0.4, -0.2) is 15.5 Å². The van der Waals surface area contributed by atoms with Crippen molar-refractivity contribution in [2.75, 3.05) is 0 Å². The van der Waals surface area contributed by atoms with Gasteiger partial charge in [-0.2, -0.15) is 0 Å². The van der Waals surface area contributed by atoms with Crippen LogP contribution in [0.1, 0.15) is 31.3 Å². The van der Waals surface area contributed by atoms with Gasteiger partial charge in [-0.15, -0.1) is 0 Å². The number of aromatic nitrogens is 2. The summed E-state index contributed by atoms with van der Waals surface area (Å²) in [6, 6.07) is 11.9. The fraction of sp³-hybridized carbons (Fsp3) is 0.222. The summed E-state index contributed by atoms with van der Waals surface area (Å²) < 4.78 is 16.1. The van der Waals surface area contributed by atoms with Gasteiger partial charge in [-0.3, -0.25) is 4.79 Å². The normalized spacial score (nSPS) is 12.3. The third-order valence-electron chi connectivity index (χ3n) is 3.87. The quantitative estimate of drug-likeness (QED) is 0.774. The molecule has 0 radical (unpaired) electrons. The molecular weight excluding hydrogens is 329 g/mol. The number of fused-ring (bicyclic) bond motifs is 1. The Morgan fingerprint density at radius 1 is 1.29 bits per heavy atom. The number of hydrogen-bond donors (Lipinski definition) is 1. The van der Waals surface area contributed by atoms with E-state index < -0.39 is 0 Å². The van der Waals surface area contributed by atoms with E-state index in [0.717, 1.165) is 11.0 Å². The summed E-state index contributed by atoms with van der Waals surface area (Å²) in [6.07, 6.45) is 0. The van der Waals surface area contributed by atoms with Crippen molar-refractivity contribution in [2.24, 2.45) is 0 Å². The number of imidazole rings is 1. The first-order valence-corrected chi connectivity index (χ1v) is 8.00. The van der Waals surface area contributed by atoms with Crippen molar-refractivity contribution in [1.29, 1.82) is 0 Å². The van der Waals surface area contributed by atoms with Crippen LogP contribution in [0.25, 0.3) is 11.0 Å². The largest absolute Gasteiger partial charge is 0.347 e. The van der Waals surface area contributed by atoms with E-state index >= 15 is 0 Å². The van der Waals surface area contributed by atoms with Gasteiger partial charge in [0.05, 0.1) is 23.6 Å². The molecule has 6 heteroatoms. The van der Waals surface area contributed by atoms with Crippen molar-refractivity contribution < 1.29 is 9.18 Å². The van der Waals surface area contributed by atoms with Gasteiger partial charge in [-0.25, -0.2) is 9.37 Å². The maximum atomic E-state index is 14.2. The summed E-state index contributed by atoms with van der Waals surface area (Å²) in [6.45, 7) is 3.55. The lowest BCUT2D eigenvalue weighted by Crippen LogP contribution is -2.26. The summed E-state index contributed by atoms with van der Waals surface area (Å²) in [4.78, 5) is 16.0. The molecule has 1 N–H and O–H groups in total. The lowest BCUT2D eigenvalue weighted by molar-refractivity contribution is -0.119. The van der Waals surface area contributed by atoms with Gasteiger partial charge < -0.3 is 9.88 Å². The topological polar surface area (TPSA) is 46.9 Å². The van der Waals surface area contributed by atoms with Gasteiger partial charge in [-0.05, 0) is 31.2 Å². The molecule has 1 amide bonds. The molecule has 0 unspecified atom stereocenters. The van der Waals surface area contributed by atoms with Gasteiger partial charge in [0.15, 0.2) is 0 Å². The van der Waals surface area contributed by atoms with Crippen molar-refractivity contribution in [3.8, 4) is 0 Å². The Morgan fingerprint density at radius 2 is 2.04 bits per heavy atom. The molecule has 0 spiro atoms. The van der Waals surface area contributed by atoms with E-state index in [9.17, 15) is 9.18 Å². The summed E-state index contributed by atoms with van der Waals surface area (Å²) in [5, 5.41) is 3.19. The highest BCUT2D eigenvalue weighted by Gasteiger charge is 2.19. The van der Waals surface area contributed by atoms with E-state index in [1.54, 1.807) is 12.1 Å². The minimum absolute atomic E-state index is 0.148. The van der Waals surface area contributed by atoms with E-state index in [-0.39, 0.29) is 24.3 Å². The number of nitrogens with zero attached hydrogens (tertiary/aromatic N) is 2. The predicted octanol–water partition coefficient (Wildman–Crippen LogP) is 4.07. The van der Waals surface area contributed by atoms with Crippen LogP contribution in [0.4, 0.5) is 4.39 Å². The predicted molar refractivity (Wildman–Crippen MR) is 92.5 cm³/mol. The van der Waals surface area contributed by atoms with Crippen LogP contribution in [0.15, 0.2) is 42.5 Å². The molecule has 24 heavy (non-hydrogen) atoms. The van der Waals surface area contributed by atoms with Crippen LogP contribution < -0.4 is 5.32 Å². The lowest BCUT2D eigenvalue weighted by Gasteiger charge is -2.16. The minimum Gasteiger partial charge on any atom is -0.347 e. The molecule has 1 atom stereocenters. The Morgan fingerprint density at radius 3 is 2.75 bits per heavy atom. The van der Waals surface area contributed by atoms with E-state index in [2.05, 4.69) is 10.3 Å².